The van der Waals surface area contributed by atoms with Gasteiger partial charge >= 0.3 is 6.16 Å². The number of hydrogen-bond donors (Lipinski definition) is 0. The molecule has 0 amide bonds. The summed E-state index contributed by atoms with van der Waals surface area (Å²) in [7, 11) is 0. The van der Waals surface area contributed by atoms with Crippen LogP contribution >= 0.6 is 0 Å². The zero-order valence-electron chi connectivity index (χ0n) is 17.7. The average Bonchev–Trinajstić information content (AvgIpc) is 2.68. The Morgan fingerprint density at radius 3 is 1.28 bits per heavy atom. The molecule has 0 heterocycles. The molecule has 3 nitrogen and oxygen atoms in total. The van der Waals surface area contributed by atoms with Crippen LogP contribution < -0.4 is 0 Å². The molecule has 0 N–H and O–H groups in total. The maximum absolute atomic E-state index is 14.2. The van der Waals surface area contributed by atoms with Crippen LogP contribution in [-0.2, 0) is 9.47 Å². The second kappa shape index (κ2) is 11.8. The summed E-state index contributed by atoms with van der Waals surface area (Å²) in [6.45, 7) is 3.60. The quantitative estimate of drug-likeness (QED) is 0.267. The zero-order chi connectivity index (χ0) is 23.8. The summed E-state index contributed by atoms with van der Waals surface area (Å²) in [4.78, 5) is 12.4. The highest BCUT2D eigenvalue weighted by Gasteiger charge is 2.29. The number of unbranched alkanes of at least 4 members (excludes halogenated alkanes) is 2. The molecule has 0 aliphatic rings. The Hall–Kier alpha value is -2.71. The molecular weight excluding hydrogens is 438 g/mol. The van der Waals surface area contributed by atoms with Crippen LogP contribution in [-0.4, -0.2) is 6.16 Å². The molecule has 0 spiro atoms. The Morgan fingerprint density at radius 2 is 1.00 bits per heavy atom. The molecule has 0 aliphatic heterocycles. The van der Waals surface area contributed by atoms with E-state index < -0.39 is 64.4 Å². The van der Waals surface area contributed by atoms with Crippen LogP contribution in [0.3, 0.4) is 0 Å². The molecule has 2 aromatic rings. The molecule has 2 aromatic carbocycles. The van der Waals surface area contributed by atoms with Gasteiger partial charge in [-0.25, -0.2) is 31.1 Å². The molecule has 0 bridgehead atoms. The minimum absolute atomic E-state index is 0.00394. The number of halogens is 6. The molecule has 32 heavy (non-hydrogen) atoms. The number of ether oxygens (including phenoxy) is 2. The van der Waals surface area contributed by atoms with E-state index in [1.807, 2.05) is 0 Å². The lowest BCUT2D eigenvalue weighted by Crippen LogP contribution is -2.19. The van der Waals surface area contributed by atoms with E-state index in [9.17, 15) is 31.1 Å². The van der Waals surface area contributed by atoms with Crippen molar-refractivity contribution in [2.45, 2.75) is 64.6 Å². The molecule has 0 aromatic heterocycles. The fraction of sp³-hybridized carbons (Fsp3) is 0.435. The maximum Gasteiger partial charge on any atom is 0.509 e. The summed E-state index contributed by atoms with van der Waals surface area (Å²) in [5, 5.41) is 0. The zero-order valence-corrected chi connectivity index (χ0v) is 17.7. The molecule has 2 unspecified atom stereocenters. The third-order valence-electron chi connectivity index (χ3n) is 4.85. The Bertz CT molecular complexity index is 814. The summed E-state index contributed by atoms with van der Waals surface area (Å²) >= 11 is 0. The minimum Gasteiger partial charge on any atom is -0.426 e. The van der Waals surface area contributed by atoms with Crippen molar-refractivity contribution in [3.8, 4) is 0 Å². The van der Waals surface area contributed by atoms with Gasteiger partial charge in [-0.3, -0.25) is 0 Å². The Kier molecular flexibility index (Phi) is 9.41. The molecule has 0 radical (unpaired) electrons. The van der Waals surface area contributed by atoms with Crippen molar-refractivity contribution in [1.29, 1.82) is 0 Å². The van der Waals surface area contributed by atoms with E-state index >= 15 is 0 Å². The summed E-state index contributed by atoms with van der Waals surface area (Å²) in [5.41, 5.74) is -1.30. The molecule has 2 rings (SSSR count). The average molecular weight is 462 g/mol. The predicted octanol–water partition coefficient (Wildman–Crippen LogP) is 7.84. The number of carbonyl (C=O) groups is 1. The fourth-order valence-electron chi connectivity index (χ4n) is 3.29. The van der Waals surface area contributed by atoms with E-state index in [0.717, 1.165) is 0 Å². The van der Waals surface area contributed by atoms with Crippen LogP contribution in [0, 0.1) is 34.9 Å². The van der Waals surface area contributed by atoms with Gasteiger partial charge in [0.05, 0.1) is 11.1 Å². The van der Waals surface area contributed by atoms with Crippen molar-refractivity contribution in [3.05, 3.63) is 70.3 Å². The van der Waals surface area contributed by atoms with Gasteiger partial charge in [-0.2, -0.15) is 0 Å². The summed E-state index contributed by atoms with van der Waals surface area (Å²) < 4.78 is 93.6. The van der Waals surface area contributed by atoms with Crippen LogP contribution in [0.4, 0.5) is 31.1 Å². The lowest BCUT2D eigenvalue weighted by molar-refractivity contribution is -0.0117. The van der Waals surface area contributed by atoms with Gasteiger partial charge in [0.1, 0.15) is 47.1 Å². The standard InChI is InChI=1S/C23H24F6O3/c1-3-5-7-19(21-15(26)9-13(24)10-16(21)27)31-23(30)32-20(8-6-4-2)22-17(28)11-14(25)12-18(22)29/h9-12,19-20H,3-8H2,1-2H3. The minimum atomic E-state index is -1.45. The Labute approximate surface area is 182 Å². The van der Waals surface area contributed by atoms with Crippen LogP contribution in [0.15, 0.2) is 24.3 Å². The van der Waals surface area contributed by atoms with E-state index in [4.69, 9.17) is 9.47 Å². The van der Waals surface area contributed by atoms with Crippen molar-refractivity contribution < 1.29 is 40.6 Å². The highest BCUT2D eigenvalue weighted by atomic mass is 19.2. The second-order valence-corrected chi connectivity index (χ2v) is 7.31. The summed E-state index contributed by atoms with van der Waals surface area (Å²) in [6.07, 6.45) is -2.28. The van der Waals surface area contributed by atoms with Crippen LogP contribution in [0.1, 0.15) is 75.7 Å². The van der Waals surface area contributed by atoms with E-state index in [1.165, 1.54) is 0 Å². The third-order valence-corrected chi connectivity index (χ3v) is 4.85. The number of benzene rings is 2. The number of rotatable bonds is 10. The van der Waals surface area contributed by atoms with E-state index in [-0.39, 0.29) is 12.8 Å². The van der Waals surface area contributed by atoms with E-state index in [2.05, 4.69) is 0 Å². The van der Waals surface area contributed by atoms with Gasteiger partial charge in [-0.1, -0.05) is 26.7 Å². The maximum atomic E-state index is 14.2. The monoisotopic (exact) mass is 462 g/mol. The van der Waals surface area contributed by atoms with E-state index in [0.29, 0.717) is 49.9 Å². The molecule has 0 saturated heterocycles. The van der Waals surface area contributed by atoms with Gasteiger partial charge in [0.15, 0.2) is 0 Å². The van der Waals surface area contributed by atoms with Gasteiger partial charge in [-0.15, -0.1) is 0 Å². The first-order valence-electron chi connectivity index (χ1n) is 10.3. The van der Waals surface area contributed by atoms with Crippen LogP contribution in [0.2, 0.25) is 0 Å². The third kappa shape index (κ3) is 6.64. The molecule has 9 heteroatoms. The van der Waals surface area contributed by atoms with Gasteiger partial charge in [0, 0.05) is 24.3 Å². The van der Waals surface area contributed by atoms with Gasteiger partial charge in [-0.05, 0) is 25.7 Å². The first-order valence-corrected chi connectivity index (χ1v) is 10.3. The van der Waals surface area contributed by atoms with Crippen molar-refractivity contribution in [2.24, 2.45) is 0 Å². The second-order valence-electron chi connectivity index (χ2n) is 7.31. The first-order chi connectivity index (χ1) is 15.2. The summed E-state index contributed by atoms with van der Waals surface area (Å²) in [6, 6.07) is 1.83. The molecule has 0 aliphatic carbocycles. The Morgan fingerprint density at radius 1 is 0.688 bits per heavy atom. The first kappa shape index (κ1) is 25.5. The van der Waals surface area contributed by atoms with Crippen LogP contribution in [0.5, 0.6) is 0 Å². The van der Waals surface area contributed by atoms with Crippen molar-refractivity contribution in [1.82, 2.24) is 0 Å². The topological polar surface area (TPSA) is 35.5 Å². The number of hydrogen-bond acceptors (Lipinski definition) is 3. The smallest absolute Gasteiger partial charge is 0.426 e. The SMILES string of the molecule is CCCCC(OC(=O)OC(CCCC)c1c(F)cc(F)cc1F)c1c(F)cc(F)cc1F. The molecular formula is C23H24F6O3. The lowest BCUT2D eigenvalue weighted by Gasteiger charge is -2.23. The van der Waals surface area contributed by atoms with Crippen molar-refractivity contribution in [2.75, 3.05) is 0 Å². The van der Waals surface area contributed by atoms with Gasteiger partial charge in [0.2, 0.25) is 0 Å². The van der Waals surface area contributed by atoms with Gasteiger partial charge < -0.3 is 9.47 Å². The van der Waals surface area contributed by atoms with E-state index in [1.54, 1.807) is 13.8 Å². The molecule has 0 saturated carbocycles. The molecule has 176 valence electrons. The summed E-state index contributed by atoms with van der Waals surface area (Å²) in [5.74, 6) is -7.24. The van der Waals surface area contributed by atoms with Gasteiger partial charge in [0.25, 0.3) is 0 Å². The fourth-order valence-corrected chi connectivity index (χ4v) is 3.29. The lowest BCUT2D eigenvalue weighted by atomic mass is 10.0. The largest absolute Gasteiger partial charge is 0.509 e. The van der Waals surface area contributed by atoms with Crippen molar-refractivity contribution >= 4 is 6.16 Å². The van der Waals surface area contributed by atoms with Crippen LogP contribution in [0.25, 0.3) is 0 Å². The van der Waals surface area contributed by atoms with Crippen molar-refractivity contribution in [3.63, 3.8) is 0 Å². The predicted molar refractivity (Wildman–Crippen MR) is 105 cm³/mol. The Balaban J connectivity index is 2.29. The highest BCUT2D eigenvalue weighted by Crippen LogP contribution is 2.33. The molecule has 2 atom stereocenters. The molecule has 0 fully saturated rings. The number of carbonyl (C=O) groups excluding carboxylic acids is 1. The highest BCUT2D eigenvalue weighted by molar-refractivity contribution is 5.61. The normalized spacial score (nSPS) is 13.0.